The molecule has 4 aromatic carbocycles. The molecule has 18 heteroatoms. The molecule has 4 N–H and O–H groups in total. The summed E-state index contributed by atoms with van der Waals surface area (Å²) in [6, 6.07) is 23.5. The van der Waals surface area contributed by atoms with E-state index in [9.17, 15) is 31.2 Å². The van der Waals surface area contributed by atoms with E-state index in [0.717, 1.165) is 34.3 Å². The van der Waals surface area contributed by atoms with E-state index in [1.54, 1.807) is 59.5 Å². The van der Waals surface area contributed by atoms with Gasteiger partial charge in [0.05, 0.1) is 35.3 Å². The predicted molar refractivity (Wildman–Crippen MR) is 223 cm³/mol. The predicted octanol–water partition coefficient (Wildman–Crippen LogP) is 6.88. The van der Waals surface area contributed by atoms with Crippen molar-refractivity contribution in [3.8, 4) is 17.0 Å². The lowest BCUT2D eigenvalue weighted by atomic mass is 10.00. The standard InChI is InChI=1S/C39H36Br2N6O8S2/c1-55-36-14-13-33(23-42-36)44-39(50)28-18-26(20-35(22-28)57(53,54)46-32-11-7-30(41)8-12-32)25-17-27(38(49)43-24-37(48)47-15-3-2-4-16-47)21-34(19-25)56(51,52)45-31-9-5-29(40)6-10-31/h5-14,17-23,45-46H,2-4,15-16,24H2,1H3,(H,43,49)(H,44,50). The molecule has 0 atom stereocenters. The van der Waals surface area contributed by atoms with Crippen LogP contribution in [-0.4, -0.2) is 71.2 Å². The molecule has 0 bridgehead atoms. The van der Waals surface area contributed by atoms with Gasteiger partial charge in [0.25, 0.3) is 31.9 Å². The molecular weight excluding hydrogens is 904 g/mol. The topological polar surface area (TPSA) is 193 Å². The fourth-order valence-electron chi connectivity index (χ4n) is 5.86. The Morgan fingerprint density at radius 3 is 1.63 bits per heavy atom. The molecule has 3 amide bonds. The Hall–Kier alpha value is -5.30. The number of nitrogens with zero attached hydrogens (tertiary/aromatic N) is 2. The molecule has 1 fully saturated rings. The van der Waals surface area contributed by atoms with Crippen molar-refractivity contribution in [3.05, 3.63) is 123 Å². The molecule has 14 nitrogen and oxygen atoms in total. The number of benzene rings is 4. The van der Waals surface area contributed by atoms with Gasteiger partial charge in [-0.25, -0.2) is 21.8 Å². The van der Waals surface area contributed by atoms with Gasteiger partial charge in [-0.05, 0) is 121 Å². The average molecular weight is 941 g/mol. The van der Waals surface area contributed by atoms with Gasteiger partial charge >= 0.3 is 0 Å². The monoisotopic (exact) mass is 938 g/mol. The van der Waals surface area contributed by atoms with Crippen LogP contribution >= 0.6 is 31.9 Å². The maximum absolute atomic E-state index is 13.9. The summed E-state index contributed by atoms with van der Waals surface area (Å²) in [5.41, 5.74) is 0.692. The number of anilines is 3. The number of methoxy groups -OCH3 is 1. The highest BCUT2D eigenvalue weighted by Crippen LogP contribution is 2.31. The maximum Gasteiger partial charge on any atom is 0.261 e. The number of nitrogens with one attached hydrogen (secondary N) is 4. The first-order valence-corrected chi connectivity index (χ1v) is 22.0. The molecule has 5 aromatic rings. The van der Waals surface area contributed by atoms with Gasteiger partial charge in [0.1, 0.15) is 0 Å². The fourth-order valence-corrected chi connectivity index (χ4v) is 8.64. The molecule has 1 aromatic heterocycles. The van der Waals surface area contributed by atoms with Crippen LogP contribution in [0.25, 0.3) is 11.1 Å². The third-order valence-electron chi connectivity index (χ3n) is 8.80. The highest BCUT2D eigenvalue weighted by atomic mass is 79.9. The van der Waals surface area contributed by atoms with Crippen molar-refractivity contribution in [2.45, 2.75) is 29.1 Å². The second-order valence-corrected chi connectivity index (χ2v) is 18.1. The lowest BCUT2D eigenvalue weighted by Crippen LogP contribution is -2.42. The Bertz CT molecular complexity index is 2520. The number of amides is 3. The van der Waals surface area contributed by atoms with Crippen molar-refractivity contribution < 1.29 is 36.0 Å². The largest absolute Gasteiger partial charge is 0.481 e. The van der Waals surface area contributed by atoms with E-state index in [4.69, 9.17) is 4.74 Å². The molecular formula is C39H36Br2N6O8S2. The van der Waals surface area contributed by atoms with Crippen molar-refractivity contribution in [3.63, 3.8) is 0 Å². The van der Waals surface area contributed by atoms with E-state index in [1.165, 1.54) is 49.7 Å². The fraction of sp³-hybridized carbons (Fsp3) is 0.179. The van der Waals surface area contributed by atoms with Crippen LogP contribution in [0.5, 0.6) is 5.88 Å². The average Bonchev–Trinajstić information content (AvgIpc) is 3.21. The second kappa shape index (κ2) is 17.9. The molecule has 296 valence electrons. The van der Waals surface area contributed by atoms with Crippen LogP contribution in [0, 0.1) is 0 Å². The van der Waals surface area contributed by atoms with Gasteiger partial charge in [0, 0.05) is 50.6 Å². The number of hydrogen-bond donors (Lipinski definition) is 4. The van der Waals surface area contributed by atoms with Crippen LogP contribution in [0.1, 0.15) is 40.0 Å². The first-order valence-electron chi connectivity index (χ1n) is 17.4. The summed E-state index contributed by atoms with van der Waals surface area (Å²) in [7, 11) is -7.29. The second-order valence-electron chi connectivity index (χ2n) is 12.9. The van der Waals surface area contributed by atoms with Crippen LogP contribution in [0.2, 0.25) is 0 Å². The van der Waals surface area contributed by atoms with E-state index >= 15 is 0 Å². The minimum Gasteiger partial charge on any atom is -0.481 e. The normalized spacial score (nSPS) is 13.0. The van der Waals surface area contributed by atoms with E-state index in [1.807, 2.05) is 0 Å². The first-order chi connectivity index (χ1) is 27.2. The molecule has 6 rings (SSSR count). The number of halogens is 2. The molecule has 0 radical (unpaired) electrons. The summed E-state index contributed by atoms with van der Waals surface area (Å²) < 4.78 is 67.1. The maximum atomic E-state index is 13.9. The van der Waals surface area contributed by atoms with Crippen molar-refractivity contribution in [1.29, 1.82) is 0 Å². The van der Waals surface area contributed by atoms with E-state index in [-0.39, 0.29) is 61.6 Å². The summed E-state index contributed by atoms with van der Waals surface area (Å²) in [6.07, 6.45) is 4.10. The van der Waals surface area contributed by atoms with E-state index in [0.29, 0.717) is 19.0 Å². The number of hydrogen-bond acceptors (Lipinski definition) is 9. The summed E-state index contributed by atoms with van der Waals surface area (Å²) in [5.74, 6) is -1.42. The van der Waals surface area contributed by atoms with Crippen LogP contribution in [0.4, 0.5) is 17.1 Å². The number of sulfonamides is 2. The molecule has 57 heavy (non-hydrogen) atoms. The third kappa shape index (κ3) is 10.8. The smallest absolute Gasteiger partial charge is 0.261 e. The van der Waals surface area contributed by atoms with Gasteiger partial charge in [-0.1, -0.05) is 31.9 Å². The zero-order chi connectivity index (χ0) is 40.7. The summed E-state index contributed by atoms with van der Waals surface area (Å²) in [6.45, 7) is 0.840. The first kappa shape index (κ1) is 41.3. The Morgan fingerprint density at radius 2 is 1.16 bits per heavy atom. The van der Waals surface area contributed by atoms with Crippen LogP contribution < -0.4 is 24.8 Å². The Labute approximate surface area is 346 Å². The minimum absolute atomic E-state index is 0.0852. The van der Waals surface area contributed by atoms with Crippen molar-refractivity contribution in [2.24, 2.45) is 0 Å². The molecule has 2 heterocycles. The zero-order valence-electron chi connectivity index (χ0n) is 30.3. The van der Waals surface area contributed by atoms with E-state index < -0.39 is 31.9 Å². The van der Waals surface area contributed by atoms with Crippen molar-refractivity contribution in [1.82, 2.24) is 15.2 Å². The van der Waals surface area contributed by atoms with Crippen LogP contribution in [-0.2, 0) is 24.8 Å². The van der Waals surface area contributed by atoms with Gasteiger partial charge in [-0.2, -0.15) is 0 Å². The SMILES string of the molecule is COc1ccc(NC(=O)c2cc(-c3cc(C(=O)NCC(=O)N4CCCCC4)cc(S(=O)(=O)Nc4ccc(Br)cc4)c3)cc(S(=O)(=O)Nc3ccc(Br)cc3)c2)cn1. The Balaban J connectivity index is 1.43. The van der Waals surface area contributed by atoms with Gasteiger partial charge in [0.15, 0.2) is 0 Å². The number of aromatic nitrogens is 1. The molecule has 1 aliphatic heterocycles. The number of carbonyl (C=O) groups is 3. The zero-order valence-corrected chi connectivity index (χ0v) is 35.1. The number of ether oxygens (including phenoxy) is 1. The molecule has 1 aliphatic rings. The summed E-state index contributed by atoms with van der Waals surface area (Å²) in [5, 5.41) is 5.29. The van der Waals surface area contributed by atoms with Gasteiger partial charge < -0.3 is 20.3 Å². The number of pyridine rings is 1. The van der Waals surface area contributed by atoms with Crippen LogP contribution in [0.3, 0.4) is 0 Å². The Morgan fingerprint density at radius 1 is 0.667 bits per heavy atom. The highest BCUT2D eigenvalue weighted by molar-refractivity contribution is 9.10. The number of piperidine rings is 1. The van der Waals surface area contributed by atoms with Gasteiger partial charge in [-0.15, -0.1) is 0 Å². The molecule has 1 saturated heterocycles. The molecule has 0 aliphatic carbocycles. The number of likely N-dealkylation sites (tertiary alicyclic amines) is 1. The van der Waals surface area contributed by atoms with Gasteiger partial charge in [0.2, 0.25) is 11.8 Å². The quantitative estimate of drug-likeness (QED) is 0.0975. The lowest BCUT2D eigenvalue weighted by Gasteiger charge is -2.26. The van der Waals surface area contributed by atoms with Crippen molar-refractivity contribution >= 4 is 86.7 Å². The number of carbonyl (C=O) groups excluding carboxylic acids is 3. The minimum atomic E-state index is -4.37. The Kier molecular flexibility index (Phi) is 13.0. The molecule has 0 spiro atoms. The summed E-state index contributed by atoms with van der Waals surface area (Å²) in [4.78, 5) is 45.4. The lowest BCUT2D eigenvalue weighted by molar-refractivity contribution is -0.130. The highest BCUT2D eigenvalue weighted by Gasteiger charge is 2.24. The van der Waals surface area contributed by atoms with E-state index in [2.05, 4.69) is 56.9 Å². The van der Waals surface area contributed by atoms with Crippen LogP contribution in [0.15, 0.2) is 122 Å². The molecule has 0 unspecified atom stereocenters. The molecule has 0 saturated carbocycles. The van der Waals surface area contributed by atoms with Crippen molar-refractivity contribution in [2.75, 3.05) is 41.5 Å². The van der Waals surface area contributed by atoms with Gasteiger partial charge in [-0.3, -0.25) is 23.8 Å². The number of rotatable bonds is 13. The third-order valence-corrected chi connectivity index (χ3v) is 12.6. The summed E-state index contributed by atoms with van der Waals surface area (Å²) >= 11 is 6.66.